The molecule has 0 saturated heterocycles. The summed E-state index contributed by atoms with van der Waals surface area (Å²) in [5.74, 6) is 3.52. The Labute approximate surface area is 321 Å². The van der Waals surface area contributed by atoms with E-state index in [-0.39, 0.29) is 17.5 Å². The van der Waals surface area contributed by atoms with Crippen molar-refractivity contribution in [2.45, 2.75) is 52.4 Å². The van der Waals surface area contributed by atoms with Gasteiger partial charge in [0.15, 0.2) is 0 Å². The third-order valence-corrected chi connectivity index (χ3v) is 12.0. The number of hydrogen-bond acceptors (Lipinski definition) is 2. The maximum atomic E-state index is 6.97. The van der Waals surface area contributed by atoms with E-state index in [2.05, 4.69) is 190 Å². The van der Waals surface area contributed by atoms with Crippen molar-refractivity contribution < 1.29 is 9.47 Å². The highest BCUT2D eigenvalue weighted by molar-refractivity contribution is 6.98. The molecule has 0 amide bonds. The molecular weight excluding hydrogens is 671 g/mol. The standard InChI is InChI=1S/C50H41BN2O2/c1-49(2,3)30-19-22-38-44(25-30)54-46-28-33(29-47-48(46)51(38)39-23-20-31(50(4,5)6)26-45(39)55-47)53-42-18-12-9-15-36(42)37-27-32(21-24-43(37)53)52-40-16-10-7-13-34(40)35-14-8-11-17-41(35)52/h7-29H,1-6H3. The van der Waals surface area contributed by atoms with Gasteiger partial charge in [-0.1, -0.05) is 120 Å². The van der Waals surface area contributed by atoms with Gasteiger partial charge < -0.3 is 18.6 Å². The highest BCUT2D eigenvalue weighted by atomic mass is 16.5. The van der Waals surface area contributed by atoms with Crippen molar-refractivity contribution in [3.05, 3.63) is 151 Å². The van der Waals surface area contributed by atoms with E-state index in [1.54, 1.807) is 0 Å². The number of aromatic nitrogens is 2. The summed E-state index contributed by atoms with van der Waals surface area (Å²) in [5, 5.41) is 4.91. The maximum absolute atomic E-state index is 6.97. The molecule has 2 aromatic heterocycles. The lowest BCUT2D eigenvalue weighted by molar-refractivity contribution is 0.461. The van der Waals surface area contributed by atoms with Gasteiger partial charge in [0.2, 0.25) is 0 Å². The molecule has 0 atom stereocenters. The Morgan fingerprint density at radius 3 is 1.33 bits per heavy atom. The Hall–Kier alpha value is -6.20. The molecular formula is C50H41BN2O2. The fourth-order valence-electron chi connectivity index (χ4n) is 9.12. The van der Waals surface area contributed by atoms with Crippen LogP contribution < -0.4 is 25.9 Å². The summed E-state index contributed by atoms with van der Waals surface area (Å²) < 4.78 is 18.7. The number of fused-ring (bicyclic) bond motifs is 10. The second-order valence-electron chi connectivity index (χ2n) is 17.4. The lowest BCUT2D eigenvalue weighted by atomic mass is 9.34. The summed E-state index contributed by atoms with van der Waals surface area (Å²) in [7, 11) is 0. The van der Waals surface area contributed by atoms with Gasteiger partial charge in [-0.25, -0.2) is 0 Å². The molecule has 0 spiro atoms. The van der Waals surface area contributed by atoms with Crippen LogP contribution in [0.25, 0.3) is 55.0 Å². The van der Waals surface area contributed by atoms with Crippen LogP contribution in [0.1, 0.15) is 52.7 Å². The lowest BCUT2D eigenvalue weighted by Crippen LogP contribution is -2.57. The predicted molar refractivity (Wildman–Crippen MR) is 230 cm³/mol. The molecule has 0 bridgehead atoms. The van der Waals surface area contributed by atoms with Crippen LogP contribution in [0.3, 0.4) is 0 Å². The van der Waals surface area contributed by atoms with Gasteiger partial charge in [-0.05, 0) is 81.4 Å². The van der Waals surface area contributed by atoms with Gasteiger partial charge in [0.1, 0.15) is 23.0 Å². The summed E-state index contributed by atoms with van der Waals surface area (Å²) in [5.41, 5.74) is 12.7. The Morgan fingerprint density at radius 1 is 0.400 bits per heavy atom. The number of ether oxygens (including phenoxy) is 2. The topological polar surface area (TPSA) is 28.3 Å². The summed E-state index contributed by atoms with van der Waals surface area (Å²) in [6.07, 6.45) is 0. The van der Waals surface area contributed by atoms with Crippen LogP contribution in [0.15, 0.2) is 140 Å². The Morgan fingerprint density at radius 2 is 0.836 bits per heavy atom. The van der Waals surface area contributed by atoms with Gasteiger partial charge in [-0.15, -0.1) is 0 Å². The summed E-state index contributed by atoms with van der Waals surface area (Å²) >= 11 is 0. The minimum Gasteiger partial charge on any atom is -0.458 e. The fourth-order valence-corrected chi connectivity index (χ4v) is 9.12. The van der Waals surface area contributed by atoms with Crippen molar-refractivity contribution in [1.29, 1.82) is 0 Å². The molecule has 0 saturated carbocycles. The smallest absolute Gasteiger partial charge is 0.260 e. The van der Waals surface area contributed by atoms with Gasteiger partial charge >= 0.3 is 0 Å². The van der Waals surface area contributed by atoms with Crippen LogP contribution in [-0.4, -0.2) is 15.8 Å². The van der Waals surface area contributed by atoms with E-state index in [9.17, 15) is 0 Å². The van der Waals surface area contributed by atoms with Crippen molar-refractivity contribution in [2.75, 3.05) is 0 Å². The Kier molecular flexibility index (Phi) is 6.55. The van der Waals surface area contributed by atoms with Gasteiger partial charge in [0.05, 0.1) is 27.8 Å². The van der Waals surface area contributed by atoms with E-state index in [0.717, 1.165) is 50.9 Å². The van der Waals surface area contributed by atoms with Crippen LogP contribution in [0.4, 0.5) is 0 Å². The van der Waals surface area contributed by atoms with E-state index in [0.29, 0.717) is 0 Å². The Bertz CT molecular complexity index is 2940. The molecule has 7 aromatic carbocycles. The highest BCUT2D eigenvalue weighted by Gasteiger charge is 2.41. The van der Waals surface area contributed by atoms with E-state index in [4.69, 9.17) is 9.47 Å². The van der Waals surface area contributed by atoms with Gasteiger partial charge in [0, 0.05) is 44.8 Å². The van der Waals surface area contributed by atoms with Crippen LogP contribution in [0, 0.1) is 0 Å². The molecule has 55 heavy (non-hydrogen) atoms. The molecule has 2 aliphatic rings. The summed E-state index contributed by atoms with van der Waals surface area (Å²) in [6.45, 7) is 13.6. The zero-order valence-electron chi connectivity index (χ0n) is 32.1. The van der Waals surface area contributed by atoms with Crippen molar-refractivity contribution in [3.8, 4) is 34.4 Å². The Balaban J connectivity index is 1.14. The van der Waals surface area contributed by atoms with Crippen LogP contribution in [-0.2, 0) is 10.8 Å². The molecule has 9 aromatic rings. The number of hydrogen-bond donors (Lipinski definition) is 0. The second-order valence-corrected chi connectivity index (χ2v) is 17.4. The van der Waals surface area contributed by atoms with E-state index >= 15 is 0 Å². The first kappa shape index (κ1) is 32.3. The number of para-hydroxylation sites is 3. The fraction of sp³-hybridized carbons (Fsp3) is 0.160. The van der Waals surface area contributed by atoms with Crippen LogP contribution >= 0.6 is 0 Å². The first-order valence-corrected chi connectivity index (χ1v) is 19.4. The van der Waals surface area contributed by atoms with Crippen LogP contribution in [0.5, 0.6) is 23.0 Å². The SMILES string of the molecule is CC(C)(C)c1ccc2c(c1)Oc1cc(-n3c4ccccc4c4cc(-n5c6ccccc6c6ccccc65)ccc43)cc3c1B2c1ccc(C(C)(C)C)cc1O3. The summed E-state index contributed by atoms with van der Waals surface area (Å²) in [6, 6.07) is 51.1. The van der Waals surface area contributed by atoms with Gasteiger partial charge in [0.25, 0.3) is 6.71 Å². The number of rotatable bonds is 2. The van der Waals surface area contributed by atoms with Crippen molar-refractivity contribution in [2.24, 2.45) is 0 Å². The molecule has 5 heteroatoms. The minimum atomic E-state index is -0.0120. The normalized spacial score (nSPS) is 13.5. The maximum Gasteiger partial charge on any atom is 0.260 e. The summed E-state index contributed by atoms with van der Waals surface area (Å²) in [4.78, 5) is 0. The molecule has 4 nitrogen and oxygen atoms in total. The third-order valence-electron chi connectivity index (χ3n) is 12.0. The molecule has 0 unspecified atom stereocenters. The molecule has 4 heterocycles. The lowest BCUT2D eigenvalue weighted by Gasteiger charge is -2.35. The zero-order valence-corrected chi connectivity index (χ0v) is 32.1. The predicted octanol–water partition coefficient (Wildman–Crippen LogP) is 11.2. The first-order chi connectivity index (χ1) is 26.5. The monoisotopic (exact) mass is 712 g/mol. The van der Waals surface area contributed by atoms with Crippen LogP contribution in [0.2, 0.25) is 0 Å². The average Bonchev–Trinajstić information content (AvgIpc) is 3.69. The molecule has 11 rings (SSSR count). The number of nitrogens with zero attached hydrogens (tertiary/aromatic N) is 2. The zero-order chi connectivity index (χ0) is 37.4. The average molecular weight is 713 g/mol. The first-order valence-electron chi connectivity index (χ1n) is 19.4. The number of benzene rings is 7. The molecule has 0 N–H and O–H groups in total. The van der Waals surface area contributed by atoms with Gasteiger partial charge in [-0.2, -0.15) is 0 Å². The highest BCUT2D eigenvalue weighted by Crippen LogP contribution is 2.42. The molecule has 266 valence electrons. The largest absolute Gasteiger partial charge is 0.458 e. The third kappa shape index (κ3) is 4.72. The second kappa shape index (κ2) is 11.2. The van der Waals surface area contributed by atoms with Crippen molar-refractivity contribution >= 4 is 66.7 Å². The minimum absolute atomic E-state index is 0.00140. The molecule has 0 fully saturated rings. The van der Waals surface area contributed by atoms with E-state index in [1.165, 1.54) is 54.6 Å². The van der Waals surface area contributed by atoms with E-state index < -0.39 is 0 Å². The van der Waals surface area contributed by atoms with Crippen molar-refractivity contribution in [3.63, 3.8) is 0 Å². The van der Waals surface area contributed by atoms with Crippen molar-refractivity contribution in [1.82, 2.24) is 9.13 Å². The molecule has 0 aliphatic carbocycles. The van der Waals surface area contributed by atoms with Gasteiger partial charge in [-0.3, -0.25) is 0 Å². The quantitative estimate of drug-likeness (QED) is 0.167. The molecule has 0 radical (unpaired) electrons. The van der Waals surface area contributed by atoms with E-state index in [1.807, 2.05) is 0 Å². The molecule has 2 aliphatic heterocycles.